The van der Waals surface area contributed by atoms with E-state index < -0.39 is 0 Å². The highest BCUT2D eigenvalue weighted by atomic mass is 16.5. The highest BCUT2D eigenvalue weighted by Gasteiger charge is 2.15. The number of fused-ring (bicyclic) bond motifs is 1. The van der Waals surface area contributed by atoms with E-state index in [-0.39, 0.29) is 11.9 Å². The number of amides is 1. The molecular formula is C24H27N3O2. The largest absolute Gasteiger partial charge is 0.350 e. The van der Waals surface area contributed by atoms with Crippen molar-refractivity contribution in [3.63, 3.8) is 0 Å². The first-order valence-corrected chi connectivity index (χ1v) is 10.4. The van der Waals surface area contributed by atoms with Crippen LogP contribution in [0.15, 0.2) is 47.0 Å². The maximum atomic E-state index is 12.4. The molecule has 1 aliphatic rings. The molecule has 5 nitrogen and oxygen atoms in total. The van der Waals surface area contributed by atoms with Crippen molar-refractivity contribution >= 4 is 5.91 Å². The Bertz CT molecular complexity index is 992. The van der Waals surface area contributed by atoms with E-state index in [0.29, 0.717) is 24.6 Å². The van der Waals surface area contributed by atoms with E-state index in [0.717, 1.165) is 12.0 Å². The normalized spacial score (nSPS) is 14.3. The number of benzene rings is 2. The standard InChI is InChI=1S/C24H27N3O2/c1-16-7-9-19(10-8-16)24-26-23(29-27-24)14-13-22(28)25-17(2)20-12-11-18-5-3-4-6-21(18)15-20/h7-12,15,17H,3-6,13-14H2,1-2H3,(H,25,28). The van der Waals surface area contributed by atoms with Gasteiger partial charge in [-0.05, 0) is 56.2 Å². The van der Waals surface area contributed by atoms with Gasteiger partial charge in [0.25, 0.3) is 0 Å². The molecule has 5 heteroatoms. The number of carbonyl (C=O) groups excluding carboxylic acids is 1. The molecule has 1 unspecified atom stereocenters. The number of hydrogen-bond acceptors (Lipinski definition) is 4. The average Bonchev–Trinajstić information content (AvgIpc) is 3.21. The first-order valence-electron chi connectivity index (χ1n) is 10.4. The zero-order valence-electron chi connectivity index (χ0n) is 17.1. The molecule has 150 valence electrons. The van der Waals surface area contributed by atoms with Gasteiger partial charge in [-0.3, -0.25) is 4.79 Å². The highest BCUT2D eigenvalue weighted by Crippen LogP contribution is 2.25. The maximum Gasteiger partial charge on any atom is 0.227 e. The Kier molecular flexibility index (Phi) is 5.74. The summed E-state index contributed by atoms with van der Waals surface area (Å²) in [6.07, 6.45) is 5.60. The second-order valence-corrected chi connectivity index (χ2v) is 7.90. The van der Waals surface area contributed by atoms with Crippen molar-refractivity contribution in [3.8, 4) is 11.4 Å². The molecule has 1 aromatic heterocycles. The van der Waals surface area contributed by atoms with Crippen molar-refractivity contribution in [2.45, 2.75) is 58.4 Å². The Hall–Kier alpha value is -2.95. The van der Waals surface area contributed by atoms with Gasteiger partial charge in [0.05, 0.1) is 6.04 Å². The van der Waals surface area contributed by atoms with Gasteiger partial charge in [-0.1, -0.05) is 53.2 Å². The third kappa shape index (κ3) is 4.73. The third-order valence-corrected chi connectivity index (χ3v) is 5.59. The van der Waals surface area contributed by atoms with E-state index in [1.54, 1.807) is 0 Å². The average molecular weight is 389 g/mol. The lowest BCUT2D eigenvalue weighted by molar-refractivity contribution is -0.121. The van der Waals surface area contributed by atoms with Gasteiger partial charge in [0.15, 0.2) is 0 Å². The number of nitrogens with one attached hydrogen (secondary N) is 1. The molecule has 4 rings (SSSR count). The zero-order valence-corrected chi connectivity index (χ0v) is 17.1. The van der Waals surface area contributed by atoms with Crippen LogP contribution in [0.2, 0.25) is 0 Å². The molecule has 3 aromatic rings. The molecule has 0 saturated carbocycles. The summed E-state index contributed by atoms with van der Waals surface area (Å²) < 4.78 is 5.31. The number of nitrogens with zero attached hydrogens (tertiary/aromatic N) is 2. The minimum absolute atomic E-state index is 0.00898. The van der Waals surface area contributed by atoms with E-state index in [2.05, 4.69) is 33.7 Å². The van der Waals surface area contributed by atoms with Crippen molar-refractivity contribution in [2.24, 2.45) is 0 Å². The number of aromatic nitrogens is 2. The van der Waals surface area contributed by atoms with Gasteiger partial charge in [-0.15, -0.1) is 0 Å². The van der Waals surface area contributed by atoms with Crippen LogP contribution in [-0.2, 0) is 24.1 Å². The fourth-order valence-corrected chi connectivity index (χ4v) is 3.82. The van der Waals surface area contributed by atoms with Gasteiger partial charge in [-0.25, -0.2) is 0 Å². The quantitative estimate of drug-likeness (QED) is 0.661. The molecular weight excluding hydrogens is 362 g/mol. The fraction of sp³-hybridized carbons (Fsp3) is 0.375. The number of carbonyl (C=O) groups is 1. The Morgan fingerprint density at radius 1 is 1.10 bits per heavy atom. The van der Waals surface area contributed by atoms with Crippen molar-refractivity contribution < 1.29 is 9.32 Å². The van der Waals surface area contributed by atoms with Crippen LogP contribution >= 0.6 is 0 Å². The predicted octanol–water partition coefficient (Wildman–Crippen LogP) is 4.73. The Morgan fingerprint density at radius 3 is 2.66 bits per heavy atom. The molecule has 0 aliphatic heterocycles. The molecule has 1 aliphatic carbocycles. The minimum Gasteiger partial charge on any atom is -0.350 e. The molecule has 29 heavy (non-hydrogen) atoms. The first-order chi connectivity index (χ1) is 14.1. The van der Waals surface area contributed by atoms with Crippen molar-refractivity contribution in [2.75, 3.05) is 0 Å². The third-order valence-electron chi connectivity index (χ3n) is 5.59. The lowest BCUT2D eigenvalue weighted by atomic mass is 9.89. The summed E-state index contributed by atoms with van der Waals surface area (Å²) in [5.41, 5.74) is 6.15. The van der Waals surface area contributed by atoms with Gasteiger partial charge in [0.2, 0.25) is 17.6 Å². The topological polar surface area (TPSA) is 68.0 Å². The maximum absolute atomic E-state index is 12.4. The van der Waals surface area contributed by atoms with Crippen LogP contribution in [0.3, 0.4) is 0 Å². The second-order valence-electron chi connectivity index (χ2n) is 7.90. The van der Waals surface area contributed by atoms with Gasteiger partial charge < -0.3 is 9.84 Å². The monoisotopic (exact) mass is 389 g/mol. The first kappa shape index (κ1) is 19.4. The number of rotatable bonds is 6. The van der Waals surface area contributed by atoms with E-state index in [4.69, 9.17) is 4.52 Å². The van der Waals surface area contributed by atoms with Crippen molar-refractivity contribution in [3.05, 3.63) is 70.6 Å². The molecule has 0 spiro atoms. The van der Waals surface area contributed by atoms with Crippen molar-refractivity contribution in [1.29, 1.82) is 0 Å². The van der Waals surface area contributed by atoms with E-state index in [9.17, 15) is 4.79 Å². The lowest BCUT2D eigenvalue weighted by Gasteiger charge is -2.20. The molecule has 0 fully saturated rings. The summed E-state index contributed by atoms with van der Waals surface area (Å²) in [5.74, 6) is 1.03. The predicted molar refractivity (Wildman–Crippen MR) is 112 cm³/mol. The Balaban J connectivity index is 1.31. The minimum atomic E-state index is -0.0134. The molecule has 1 atom stereocenters. The second kappa shape index (κ2) is 8.60. The summed E-state index contributed by atoms with van der Waals surface area (Å²) in [6.45, 7) is 4.07. The molecule has 0 saturated heterocycles. The summed E-state index contributed by atoms with van der Waals surface area (Å²) in [7, 11) is 0. The SMILES string of the molecule is Cc1ccc(-c2noc(CCC(=O)NC(C)c3ccc4c(c3)CCCC4)n2)cc1. The Morgan fingerprint density at radius 2 is 1.86 bits per heavy atom. The zero-order chi connectivity index (χ0) is 20.2. The highest BCUT2D eigenvalue weighted by molar-refractivity contribution is 5.76. The van der Waals surface area contributed by atoms with Crippen LogP contribution in [0, 0.1) is 6.92 Å². The van der Waals surface area contributed by atoms with Crippen LogP contribution in [0.4, 0.5) is 0 Å². The Labute approximate surface area is 171 Å². The van der Waals surface area contributed by atoms with Gasteiger partial charge >= 0.3 is 0 Å². The van der Waals surface area contributed by atoms with Crippen LogP contribution in [-0.4, -0.2) is 16.0 Å². The van der Waals surface area contributed by atoms with Gasteiger partial charge in [0.1, 0.15) is 0 Å². The van der Waals surface area contributed by atoms with Crippen LogP contribution in [0.1, 0.15) is 60.4 Å². The fourth-order valence-electron chi connectivity index (χ4n) is 3.82. The summed E-state index contributed by atoms with van der Waals surface area (Å²) in [6, 6.07) is 14.6. The van der Waals surface area contributed by atoms with Gasteiger partial charge in [-0.2, -0.15) is 4.98 Å². The molecule has 1 N–H and O–H groups in total. The molecule has 0 radical (unpaired) electrons. The molecule has 0 bridgehead atoms. The van der Waals surface area contributed by atoms with Crippen LogP contribution < -0.4 is 5.32 Å². The lowest BCUT2D eigenvalue weighted by Crippen LogP contribution is -2.27. The van der Waals surface area contributed by atoms with Crippen LogP contribution in [0.25, 0.3) is 11.4 Å². The van der Waals surface area contributed by atoms with E-state index in [1.165, 1.54) is 41.5 Å². The summed E-state index contributed by atoms with van der Waals surface area (Å²) in [4.78, 5) is 16.8. The summed E-state index contributed by atoms with van der Waals surface area (Å²) >= 11 is 0. The van der Waals surface area contributed by atoms with Crippen LogP contribution in [0.5, 0.6) is 0 Å². The molecule has 2 aromatic carbocycles. The molecule has 1 heterocycles. The number of aryl methyl sites for hydroxylation is 4. The number of hydrogen-bond donors (Lipinski definition) is 1. The smallest absolute Gasteiger partial charge is 0.227 e. The van der Waals surface area contributed by atoms with Crippen molar-refractivity contribution in [1.82, 2.24) is 15.5 Å². The van der Waals surface area contributed by atoms with E-state index in [1.807, 2.05) is 38.1 Å². The molecule has 1 amide bonds. The van der Waals surface area contributed by atoms with Gasteiger partial charge in [0, 0.05) is 18.4 Å². The summed E-state index contributed by atoms with van der Waals surface area (Å²) in [5, 5.41) is 7.11. The van der Waals surface area contributed by atoms with E-state index >= 15 is 0 Å².